The van der Waals surface area contributed by atoms with Crippen LogP contribution in [0, 0.1) is 6.92 Å². The average Bonchev–Trinajstić information content (AvgIpc) is 2.46. The minimum Gasteiger partial charge on any atom is -0.377 e. The molecule has 1 fully saturated rings. The van der Waals surface area contributed by atoms with E-state index in [1.165, 1.54) is 6.33 Å². The molecular weight excluding hydrogens is 258 g/mol. The second-order valence-corrected chi connectivity index (χ2v) is 4.78. The molecule has 1 aromatic rings. The van der Waals surface area contributed by atoms with E-state index in [0.29, 0.717) is 19.8 Å². The molecule has 1 aliphatic rings. The molecule has 1 atom stereocenters. The Kier molecular flexibility index (Phi) is 4.73. The van der Waals surface area contributed by atoms with Crippen molar-refractivity contribution in [3.63, 3.8) is 0 Å². The molecule has 2 heterocycles. The number of ether oxygens (including phenoxy) is 1. The lowest BCUT2D eigenvalue weighted by atomic mass is 10.2. The van der Waals surface area contributed by atoms with Crippen LogP contribution in [0.3, 0.4) is 0 Å². The van der Waals surface area contributed by atoms with E-state index >= 15 is 0 Å². The monoisotopic (exact) mass is 279 g/mol. The van der Waals surface area contributed by atoms with E-state index in [2.05, 4.69) is 22.2 Å². The van der Waals surface area contributed by atoms with Crippen molar-refractivity contribution >= 4 is 17.5 Å². The van der Waals surface area contributed by atoms with E-state index < -0.39 is 11.9 Å². The largest absolute Gasteiger partial charge is 0.377 e. The fourth-order valence-corrected chi connectivity index (χ4v) is 2.24. The van der Waals surface area contributed by atoms with Crippen molar-refractivity contribution in [2.24, 2.45) is 5.73 Å². The third kappa shape index (κ3) is 2.98. The first kappa shape index (κ1) is 14.5. The van der Waals surface area contributed by atoms with Crippen LogP contribution < -0.4 is 16.0 Å². The zero-order chi connectivity index (χ0) is 14.5. The molecule has 20 heavy (non-hydrogen) atoms. The summed E-state index contributed by atoms with van der Waals surface area (Å²) in [7, 11) is 0. The summed E-state index contributed by atoms with van der Waals surface area (Å²) in [5, 5.41) is 3.26. The molecule has 7 nitrogen and oxygen atoms in total. The number of primary amides is 1. The summed E-state index contributed by atoms with van der Waals surface area (Å²) in [5.74, 6) is 1.14. The van der Waals surface area contributed by atoms with Crippen molar-refractivity contribution in [3.8, 4) is 0 Å². The van der Waals surface area contributed by atoms with Gasteiger partial charge in [-0.1, -0.05) is 6.92 Å². The van der Waals surface area contributed by atoms with Crippen molar-refractivity contribution in [2.45, 2.75) is 26.3 Å². The lowest BCUT2D eigenvalue weighted by Gasteiger charge is -2.35. The van der Waals surface area contributed by atoms with Gasteiger partial charge in [-0.25, -0.2) is 9.97 Å². The van der Waals surface area contributed by atoms with Crippen LogP contribution in [0.5, 0.6) is 0 Å². The maximum atomic E-state index is 11.5. The van der Waals surface area contributed by atoms with Gasteiger partial charge in [0.05, 0.1) is 13.2 Å². The Labute approximate surface area is 118 Å². The highest BCUT2D eigenvalue weighted by atomic mass is 16.5. The maximum Gasteiger partial charge on any atom is 0.242 e. The van der Waals surface area contributed by atoms with Crippen LogP contribution in [0.1, 0.15) is 18.9 Å². The van der Waals surface area contributed by atoms with Gasteiger partial charge in [0.2, 0.25) is 5.91 Å². The Balaban J connectivity index is 2.28. The second-order valence-electron chi connectivity index (χ2n) is 4.78. The Morgan fingerprint density at radius 2 is 2.40 bits per heavy atom. The lowest BCUT2D eigenvalue weighted by molar-refractivity contribution is -0.121. The van der Waals surface area contributed by atoms with E-state index in [9.17, 15) is 4.79 Å². The van der Waals surface area contributed by atoms with E-state index in [0.717, 1.165) is 30.2 Å². The van der Waals surface area contributed by atoms with Gasteiger partial charge in [0.1, 0.15) is 24.0 Å². The highest BCUT2D eigenvalue weighted by molar-refractivity contribution is 5.84. The smallest absolute Gasteiger partial charge is 0.242 e. The van der Waals surface area contributed by atoms with Gasteiger partial charge in [-0.15, -0.1) is 0 Å². The normalized spacial score (nSPS) is 18.9. The number of amides is 1. The molecule has 1 unspecified atom stereocenters. The summed E-state index contributed by atoms with van der Waals surface area (Å²) in [6, 6.07) is -0.476. The van der Waals surface area contributed by atoms with E-state index in [4.69, 9.17) is 10.5 Å². The summed E-state index contributed by atoms with van der Waals surface area (Å²) in [6.45, 7) is 6.34. The first-order valence-electron chi connectivity index (χ1n) is 6.84. The molecule has 0 aromatic carbocycles. The summed E-state index contributed by atoms with van der Waals surface area (Å²) in [4.78, 5) is 22.0. The molecule has 1 aromatic heterocycles. The fraction of sp³-hybridized carbons (Fsp3) is 0.615. The molecule has 2 rings (SSSR count). The molecular formula is C13H21N5O2. The van der Waals surface area contributed by atoms with Crippen molar-refractivity contribution in [1.82, 2.24) is 9.97 Å². The molecule has 7 heteroatoms. The van der Waals surface area contributed by atoms with Crippen LogP contribution in [0.4, 0.5) is 11.6 Å². The fourth-order valence-electron chi connectivity index (χ4n) is 2.24. The number of aromatic nitrogens is 2. The minimum absolute atomic E-state index is 0.302. The number of hydrogen-bond acceptors (Lipinski definition) is 6. The highest BCUT2D eigenvalue weighted by Gasteiger charge is 2.30. The van der Waals surface area contributed by atoms with Gasteiger partial charge < -0.3 is 20.7 Å². The predicted octanol–water partition coefficient (Wildman–Crippen LogP) is 0.297. The first-order valence-corrected chi connectivity index (χ1v) is 6.84. The molecule has 0 saturated carbocycles. The first-order chi connectivity index (χ1) is 9.65. The van der Waals surface area contributed by atoms with Gasteiger partial charge in [-0.2, -0.15) is 0 Å². The molecule has 110 valence electrons. The summed E-state index contributed by atoms with van der Waals surface area (Å²) < 4.78 is 5.33. The summed E-state index contributed by atoms with van der Waals surface area (Å²) in [5.41, 5.74) is 6.37. The Morgan fingerprint density at radius 1 is 1.60 bits per heavy atom. The van der Waals surface area contributed by atoms with Crippen molar-refractivity contribution in [3.05, 3.63) is 11.9 Å². The lowest BCUT2D eigenvalue weighted by Crippen LogP contribution is -2.53. The van der Waals surface area contributed by atoms with Gasteiger partial charge in [0.15, 0.2) is 0 Å². The van der Waals surface area contributed by atoms with Crippen molar-refractivity contribution < 1.29 is 9.53 Å². The number of anilines is 2. The number of rotatable bonds is 5. The van der Waals surface area contributed by atoms with Crippen LogP contribution >= 0.6 is 0 Å². The molecule has 3 N–H and O–H groups in total. The number of morpholine rings is 1. The third-order valence-electron chi connectivity index (χ3n) is 3.33. The number of nitrogens with two attached hydrogens (primary N) is 1. The topological polar surface area (TPSA) is 93.4 Å². The molecule has 0 spiro atoms. The van der Waals surface area contributed by atoms with E-state index in [-0.39, 0.29) is 0 Å². The number of nitrogens with zero attached hydrogens (tertiary/aromatic N) is 3. The van der Waals surface area contributed by atoms with Crippen LogP contribution in [0.25, 0.3) is 0 Å². The minimum atomic E-state index is -0.476. The van der Waals surface area contributed by atoms with Gasteiger partial charge in [0, 0.05) is 18.7 Å². The number of carbonyl (C=O) groups excluding carboxylic acids is 1. The van der Waals surface area contributed by atoms with Gasteiger partial charge in [-0.05, 0) is 13.3 Å². The van der Waals surface area contributed by atoms with Crippen molar-refractivity contribution in [2.75, 3.05) is 36.5 Å². The zero-order valence-corrected chi connectivity index (χ0v) is 11.9. The Morgan fingerprint density at radius 3 is 3.10 bits per heavy atom. The van der Waals surface area contributed by atoms with Crippen LogP contribution in [-0.4, -0.2) is 48.2 Å². The molecule has 0 radical (unpaired) electrons. The number of carbonyl (C=O) groups is 1. The van der Waals surface area contributed by atoms with Crippen LogP contribution in [-0.2, 0) is 9.53 Å². The maximum absolute atomic E-state index is 11.5. The van der Waals surface area contributed by atoms with Gasteiger partial charge in [0.25, 0.3) is 0 Å². The molecule has 0 bridgehead atoms. The van der Waals surface area contributed by atoms with E-state index in [1.807, 2.05) is 11.8 Å². The van der Waals surface area contributed by atoms with Gasteiger partial charge in [-0.3, -0.25) is 4.79 Å². The highest BCUT2D eigenvalue weighted by Crippen LogP contribution is 2.25. The summed E-state index contributed by atoms with van der Waals surface area (Å²) in [6.07, 6.45) is 2.52. The van der Waals surface area contributed by atoms with E-state index in [1.54, 1.807) is 0 Å². The molecule has 1 amide bonds. The average molecular weight is 279 g/mol. The quantitative estimate of drug-likeness (QED) is 0.805. The number of hydrogen-bond donors (Lipinski definition) is 2. The van der Waals surface area contributed by atoms with Crippen LogP contribution in [0.2, 0.25) is 0 Å². The second kappa shape index (κ2) is 6.51. The molecule has 1 saturated heterocycles. The zero-order valence-electron chi connectivity index (χ0n) is 11.9. The Hall–Kier alpha value is -1.89. The van der Waals surface area contributed by atoms with Crippen LogP contribution in [0.15, 0.2) is 6.33 Å². The number of nitrogens with one attached hydrogen (secondary N) is 1. The SMILES string of the molecule is CCCNc1ncnc(N2CCOCC2C(N)=O)c1C. The van der Waals surface area contributed by atoms with Gasteiger partial charge >= 0.3 is 0 Å². The van der Waals surface area contributed by atoms with Crippen molar-refractivity contribution in [1.29, 1.82) is 0 Å². The third-order valence-corrected chi connectivity index (χ3v) is 3.33. The molecule has 1 aliphatic heterocycles. The Bertz CT molecular complexity index is 480. The molecule has 0 aliphatic carbocycles. The predicted molar refractivity (Wildman–Crippen MR) is 76.7 cm³/mol. The summed E-state index contributed by atoms with van der Waals surface area (Å²) >= 11 is 0. The standard InChI is InChI=1S/C13H21N5O2/c1-3-4-15-12-9(2)13(17-8-16-12)18-5-6-20-7-10(18)11(14)19/h8,10H,3-7H2,1-2H3,(H2,14,19)(H,15,16,17).